The van der Waals surface area contributed by atoms with Crippen LogP contribution in [-0.4, -0.2) is 17.2 Å². The first kappa shape index (κ1) is 11.7. The SMILES string of the molecule is Cc1ccccc1C(OC(C)C)C(=O)O. The first-order chi connectivity index (χ1) is 7.02. The number of carbonyl (C=O) groups is 1. The summed E-state index contributed by atoms with van der Waals surface area (Å²) in [5.74, 6) is -0.946. The van der Waals surface area contributed by atoms with E-state index in [9.17, 15) is 4.79 Å². The molecule has 3 heteroatoms. The predicted molar refractivity (Wildman–Crippen MR) is 57.8 cm³/mol. The maximum absolute atomic E-state index is 11.1. The maximum atomic E-state index is 11.1. The van der Waals surface area contributed by atoms with Crippen LogP contribution in [0.1, 0.15) is 31.1 Å². The minimum absolute atomic E-state index is 0.106. The lowest BCUT2D eigenvalue weighted by molar-refractivity contribution is -0.153. The van der Waals surface area contributed by atoms with Gasteiger partial charge in [-0.05, 0) is 31.9 Å². The van der Waals surface area contributed by atoms with Crippen molar-refractivity contribution < 1.29 is 14.6 Å². The molecule has 0 saturated heterocycles. The standard InChI is InChI=1S/C12H16O3/c1-8(2)15-11(12(13)14)10-7-5-4-6-9(10)3/h4-8,11H,1-3H3,(H,13,14). The molecule has 0 bridgehead atoms. The summed E-state index contributed by atoms with van der Waals surface area (Å²) in [5.41, 5.74) is 1.66. The van der Waals surface area contributed by atoms with Gasteiger partial charge in [0.05, 0.1) is 6.10 Å². The van der Waals surface area contributed by atoms with Crippen LogP contribution in [0, 0.1) is 6.92 Å². The zero-order chi connectivity index (χ0) is 11.4. The number of rotatable bonds is 4. The van der Waals surface area contributed by atoms with E-state index in [1.807, 2.05) is 39.0 Å². The summed E-state index contributed by atoms with van der Waals surface area (Å²) >= 11 is 0. The van der Waals surface area contributed by atoms with E-state index in [0.717, 1.165) is 11.1 Å². The van der Waals surface area contributed by atoms with Crippen molar-refractivity contribution in [3.8, 4) is 0 Å². The fourth-order valence-electron chi connectivity index (χ4n) is 1.42. The summed E-state index contributed by atoms with van der Waals surface area (Å²) < 4.78 is 5.38. The third-order valence-electron chi connectivity index (χ3n) is 2.10. The van der Waals surface area contributed by atoms with Crippen LogP contribution >= 0.6 is 0 Å². The lowest BCUT2D eigenvalue weighted by Gasteiger charge is -2.18. The quantitative estimate of drug-likeness (QED) is 0.827. The molecule has 0 saturated carbocycles. The van der Waals surface area contributed by atoms with Crippen molar-refractivity contribution in [3.63, 3.8) is 0 Å². The molecule has 1 aromatic rings. The van der Waals surface area contributed by atoms with E-state index in [1.165, 1.54) is 0 Å². The fourth-order valence-corrected chi connectivity index (χ4v) is 1.42. The van der Waals surface area contributed by atoms with Gasteiger partial charge < -0.3 is 9.84 Å². The summed E-state index contributed by atoms with van der Waals surface area (Å²) in [7, 11) is 0. The van der Waals surface area contributed by atoms with Crippen molar-refractivity contribution >= 4 is 5.97 Å². The van der Waals surface area contributed by atoms with Gasteiger partial charge in [-0.2, -0.15) is 0 Å². The van der Waals surface area contributed by atoms with Gasteiger partial charge in [-0.1, -0.05) is 24.3 Å². The Balaban J connectivity index is 2.99. The molecule has 0 fully saturated rings. The molecular weight excluding hydrogens is 192 g/mol. The van der Waals surface area contributed by atoms with Gasteiger partial charge in [-0.3, -0.25) is 0 Å². The monoisotopic (exact) mass is 208 g/mol. The Morgan fingerprint density at radius 2 is 1.93 bits per heavy atom. The molecule has 3 nitrogen and oxygen atoms in total. The Morgan fingerprint density at radius 1 is 1.33 bits per heavy atom. The molecule has 1 rings (SSSR count). The Bertz CT molecular complexity index is 344. The lowest BCUT2D eigenvalue weighted by atomic mass is 10.0. The predicted octanol–water partition coefficient (Wildman–Crippen LogP) is 2.55. The third kappa shape index (κ3) is 3.06. The van der Waals surface area contributed by atoms with E-state index in [2.05, 4.69) is 0 Å². The van der Waals surface area contributed by atoms with Gasteiger partial charge in [0.15, 0.2) is 6.10 Å². The highest BCUT2D eigenvalue weighted by atomic mass is 16.5. The molecule has 1 aromatic carbocycles. The number of benzene rings is 1. The van der Waals surface area contributed by atoms with Crippen molar-refractivity contribution in [2.24, 2.45) is 0 Å². The molecule has 0 amide bonds. The smallest absolute Gasteiger partial charge is 0.337 e. The van der Waals surface area contributed by atoms with Crippen molar-refractivity contribution in [1.82, 2.24) is 0 Å². The zero-order valence-corrected chi connectivity index (χ0v) is 9.23. The molecule has 15 heavy (non-hydrogen) atoms. The molecule has 0 spiro atoms. The molecule has 1 N–H and O–H groups in total. The Hall–Kier alpha value is -1.35. The highest BCUT2D eigenvalue weighted by Crippen LogP contribution is 2.22. The number of aryl methyl sites for hydroxylation is 1. The van der Waals surface area contributed by atoms with Crippen LogP contribution in [-0.2, 0) is 9.53 Å². The largest absolute Gasteiger partial charge is 0.479 e. The molecule has 1 unspecified atom stereocenters. The van der Waals surface area contributed by atoms with Crippen molar-refractivity contribution in [1.29, 1.82) is 0 Å². The van der Waals surface area contributed by atoms with Crippen LogP contribution in [0.15, 0.2) is 24.3 Å². The molecule has 0 aliphatic carbocycles. The van der Waals surface area contributed by atoms with E-state index in [0.29, 0.717) is 0 Å². The summed E-state index contributed by atoms with van der Waals surface area (Å²) in [6.07, 6.45) is -0.975. The third-order valence-corrected chi connectivity index (χ3v) is 2.10. The summed E-state index contributed by atoms with van der Waals surface area (Å²) in [4.78, 5) is 11.1. The van der Waals surface area contributed by atoms with Crippen LogP contribution in [0.5, 0.6) is 0 Å². The zero-order valence-electron chi connectivity index (χ0n) is 9.23. The molecule has 0 aliphatic rings. The number of hydrogen-bond acceptors (Lipinski definition) is 2. The van der Waals surface area contributed by atoms with Gasteiger partial charge in [0.2, 0.25) is 0 Å². The van der Waals surface area contributed by atoms with Crippen LogP contribution in [0.2, 0.25) is 0 Å². The van der Waals surface area contributed by atoms with Gasteiger partial charge in [0.25, 0.3) is 0 Å². The van der Waals surface area contributed by atoms with Crippen LogP contribution in [0.4, 0.5) is 0 Å². The Kier molecular flexibility index (Phi) is 3.86. The highest BCUT2D eigenvalue weighted by Gasteiger charge is 2.22. The molecule has 0 aromatic heterocycles. The second-order valence-electron chi connectivity index (χ2n) is 3.76. The lowest BCUT2D eigenvalue weighted by Crippen LogP contribution is -2.19. The number of carboxylic acids is 1. The Labute approximate surface area is 89.7 Å². The highest BCUT2D eigenvalue weighted by molar-refractivity contribution is 5.75. The van der Waals surface area contributed by atoms with Crippen molar-refractivity contribution in [3.05, 3.63) is 35.4 Å². The average molecular weight is 208 g/mol. The van der Waals surface area contributed by atoms with Crippen LogP contribution in [0.25, 0.3) is 0 Å². The summed E-state index contributed by atoms with van der Waals surface area (Å²) in [6, 6.07) is 7.38. The molecule has 0 radical (unpaired) electrons. The Morgan fingerprint density at radius 3 is 2.40 bits per heavy atom. The first-order valence-electron chi connectivity index (χ1n) is 4.96. The summed E-state index contributed by atoms with van der Waals surface area (Å²) in [6.45, 7) is 5.54. The molecule has 82 valence electrons. The number of hydrogen-bond donors (Lipinski definition) is 1. The van der Waals surface area contributed by atoms with Gasteiger partial charge in [0, 0.05) is 0 Å². The molecule has 0 heterocycles. The minimum Gasteiger partial charge on any atom is -0.479 e. The molecule has 1 atom stereocenters. The van der Waals surface area contributed by atoms with Crippen molar-refractivity contribution in [2.45, 2.75) is 33.0 Å². The van der Waals surface area contributed by atoms with E-state index >= 15 is 0 Å². The number of carboxylic acid groups (broad SMARTS) is 1. The molecule has 0 aliphatic heterocycles. The van der Waals surface area contributed by atoms with Crippen LogP contribution in [0.3, 0.4) is 0 Å². The number of aliphatic carboxylic acids is 1. The number of ether oxygens (including phenoxy) is 1. The van der Waals surface area contributed by atoms with E-state index < -0.39 is 12.1 Å². The molecular formula is C12H16O3. The van der Waals surface area contributed by atoms with Gasteiger partial charge >= 0.3 is 5.97 Å². The maximum Gasteiger partial charge on any atom is 0.337 e. The van der Waals surface area contributed by atoms with Gasteiger partial charge in [0.1, 0.15) is 0 Å². The van der Waals surface area contributed by atoms with Crippen LogP contribution < -0.4 is 0 Å². The second kappa shape index (κ2) is 4.94. The minimum atomic E-state index is -0.946. The van der Waals surface area contributed by atoms with E-state index in [-0.39, 0.29) is 6.10 Å². The first-order valence-corrected chi connectivity index (χ1v) is 4.96. The van der Waals surface area contributed by atoms with Gasteiger partial charge in [-0.15, -0.1) is 0 Å². The summed E-state index contributed by atoms with van der Waals surface area (Å²) in [5, 5.41) is 9.08. The fraction of sp³-hybridized carbons (Fsp3) is 0.417. The normalized spacial score (nSPS) is 12.8. The van der Waals surface area contributed by atoms with Gasteiger partial charge in [-0.25, -0.2) is 4.79 Å². The average Bonchev–Trinajstić information content (AvgIpc) is 2.15. The second-order valence-corrected chi connectivity index (χ2v) is 3.76. The van der Waals surface area contributed by atoms with E-state index in [4.69, 9.17) is 9.84 Å². The van der Waals surface area contributed by atoms with Crippen molar-refractivity contribution in [2.75, 3.05) is 0 Å². The topological polar surface area (TPSA) is 46.5 Å². The van der Waals surface area contributed by atoms with E-state index in [1.54, 1.807) is 6.07 Å².